The number of carbonyl (C=O) groups is 1. The summed E-state index contributed by atoms with van der Waals surface area (Å²) in [7, 11) is 0. The topological polar surface area (TPSA) is 59.4 Å². The molecule has 4 nitrogen and oxygen atoms in total. The van der Waals surface area contributed by atoms with Crippen LogP contribution in [-0.2, 0) is 4.74 Å². The Morgan fingerprint density at radius 2 is 2.44 bits per heavy atom. The maximum Gasteiger partial charge on any atom is 0.355 e. The minimum absolute atomic E-state index is 0.172. The molecule has 0 spiro atoms. The summed E-state index contributed by atoms with van der Waals surface area (Å²) in [5.41, 5.74) is 0.172. The van der Waals surface area contributed by atoms with Crippen molar-refractivity contribution in [1.82, 2.24) is 4.98 Å². The summed E-state index contributed by atoms with van der Waals surface area (Å²) < 4.78 is 5.81. The Kier molecular flexibility index (Phi) is 4.72. The highest BCUT2D eigenvalue weighted by molar-refractivity contribution is 7.09. The number of aromatic carboxylic acids is 1. The van der Waals surface area contributed by atoms with Crippen LogP contribution in [-0.4, -0.2) is 28.8 Å². The summed E-state index contributed by atoms with van der Waals surface area (Å²) >= 11 is 1.46. The molecule has 2 atom stereocenters. The van der Waals surface area contributed by atoms with E-state index in [2.05, 4.69) is 11.9 Å². The van der Waals surface area contributed by atoms with E-state index in [1.54, 1.807) is 5.38 Å². The van der Waals surface area contributed by atoms with Crippen LogP contribution in [0, 0.1) is 0 Å². The number of carboxylic acids is 1. The number of hydrogen-bond donors (Lipinski definition) is 1. The summed E-state index contributed by atoms with van der Waals surface area (Å²) in [5, 5.41) is 11.4. The first-order valence-electron chi connectivity index (χ1n) is 6.51. The van der Waals surface area contributed by atoms with Gasteiger partial charge in [-0.25, -0.2) is 9.78 Å². The van der Waals surface area contributed by atoms with Crippen molar-refractivity contribution in [2.24, 2.45) is 0 Å². The van der Waals surface area contributed by atoms with E-state index in [-0.39, 0.29) is 5.69 Å². The molecule has 1 aliphatic rings. The predicted molar refractivity (Wildman–Crippen MR) is 70.3 cm³/mol. The minimum atomic E-state index is -0.939. The minimum Gasteiger partial charge on any atom is -0.476 e. The number of ether oxygens (including phenoxy) is 1. The molecule has 0 bridgehead atoms. The van der Waals surface area contributed by atoms with Crippen molar-refractivity contribution >= 4 is 17.3 Å². The monoisotopic (exact) mass is 269 g/mol. The molecule has 1 aromatic rings. The normalized spacial score (nSPS) is 23.4. The van der Waals surface area contributed by atoms with Crippen LogP contribution in [0.3, 0.4) is 0 Å². The van der Waals surface area contributed by atoms with Gasteiger partial charge in [0, 0.05) is 17.9 Å². The zero-order valence-corrected chi connectivity index (χ0v) is 11.4. The van der Waals surface area contributed by atoms with E-state index in [0.717, 1.165) is 43.7 Å². The zero-order chi connectivity index (χ0) is 13.0. The number of rotatable bonds is 6. The Labute approximate surface area is 111 Å². The van der Waals surface area contributed by atoms with Gasteiger partial charge in [-0.05, 0) is 25.7 Å². The number of aromatic nitrogens is 1. The van der Waals surface area contributed by atoms with Gasteiger partial charge in [0.05, 0.1) is 11.1 Å². The van der Waals surface area contributed by atoms with Crippen LogP contribution in [0.1, 0.15) is 60.4 Å². The molecule has 0 saturated heterocycles. The maximum atomic E-state index is 10.8. The van der Waals surface area contributed by atoms with Crippen LogP contribution in [0.15, 0.2) is 5.38 Å². The predicted octanol–water partition coefficient (Wildman–Crippen LogP) is 3.29. The Hall–Kier alpha value is -0.940. The lowest BCUT2D eigenvalue weighted by molar-refractivity contribution is 0.0555. The van der Waals surface area contributed by atoms with Crippen LogP contribution in [0.2, 0.25) is 0 Å². The van der Waals surface area contributed by atoms with Gasteiger partial charge in [-0.1, -0.05) is 13.3 Å². The second-order valence-electron chi connectivity index (χ2n) is 4.73. The fraction of sp³-hybridized carbons (Fsp3) is 0.692. The van der Waals surface area contributed by atoms with Crippen LogP contribution >= 0.6 is 11.3 Å². The molecule has 0 unspecified atom stereocenters. The van der Waals surface area contributed by atoms with E-state index < -0.39 is 5.97 Å². The van der Waals surface area contributed by atoms with Crippen molar-refractivity contribution in [1.29, 1.82) is 0 Å². The molecule has 1 fully saturated rings. The van der Waals surface area contributed by atoms with Gasteiger partial charge in [0.15, 0.2) is 5.69 Å². The molecular weight excluding hydrogens is 250 g/mol. The van der Waals surface area contributed by atoms with E-state index in [1.807, 2.05) is 0 Å². The quantitative estimate of drug-likeness (QED) is 0.805. The van der Waals surface area contributed by atoms with Crippen LogP contribution in [0.4, 0.5) is 0 Å². The Morgan fingerprint density at radius 1 is 1.61 bits per heavy atom. The first-order chi connectivity index (χ1) is 8.70. The average Bonchev–Trinajstić information content (AvgIpc) is 2.97. The molecule has 18 heavy (non-hydrogen) atoms. The third kappa shape index (κ3) is 3.29. The fourth-order valence-corrected chi connectivity index (χ4v) is 3.23. The van der Waals surface area contributed by atoms with Gasteiger partial charge < -0.3 is 9.84 Å². The van der Waals surface area contributed by atoms with Gasteiger partial charge in [-0.15, -0.1) is 11.3 Å². The third-order valence-electron chi connectivity index (χ3n) is 3.33. The van der Waals surface area contributed by atoms with Gasteiger partial charge in [-0.3, -0.25) is 0 Å². The summed E-state index contributed by atoms with van der Waals surface area (Å²) in [4.78, 5) is 15.0. The number of carboxylic acid groups (broad SMARTS) is 1. The second-order valence-corrected chi connectivity index (χ2v) is 5.62. The van der Waals surface area contributed by atoms with Gasteiger partial charge in [0.25, 0.3) is 0 Å². The lowest BCUT2D eigenvalue weighted by atomic mass is 10.1. The summed E-state index contributed by atoms with van der Waals surface area (Å²) in [6, 6.07) is 0. The number of unbranched alkanes of at least 4 members (excludes halogenated alkanes) is 1. The largest absolute Gasteiger partial charge is 0.476 e. The number of hydrogen-bond acceptors (Lipinski definition) is 4. The zero-order valence-electron chi connectivity index (χ0n) is 10.6. The van der Waals surface area contributed by atoms with E-state index in [9.17, 15) is 4.79 Å². The molecule has 2 rings (SSSR count). The summed E-state index contributed by atoms with van der Waals surface area (Å²) in [6.07, 6.45) is 5.71. The third-order valence-corrected chi connectivity index (χ3v) is 4.33. The van der Waals surface area contributed by atoms with Crippen molar-refractivity contribution in [2.75, 3.05) is 6.61 Å². The van der Waals surface area contributed by atoms with Crippen molar-refractivity contribution in [3.8, 4) is 0 Å². The van der Waals surface area contributed by atoms with Crippen LogP contribution in [0.25, 0.3) is 0 Å². The molecule has 5 heteroatoms. The van der Waals surface area contributed by atoms with E-state index in [4.69, 9.17) is 9.84 Å². The first kappa shape index (κ1) is 13.5. The van der Waals surface area contributed by atoms with Gasteiger partial charge in [0.1, 0.15) is 0 Å². The smallest absolute Gasteiger partial charge is 0.355 e. The molecule has 1 aliphatic carbocycles. The molecule has 1 aromatic heterocycles. The molecular formula is C13H19NO3S. The molecule has 0 aliphatic heterocycles. The molecule has 1 N–H and O–H groups in total. The highest BCUT2D eigenvalue weighted by Crippen LogP contribution is 2.37. The molecule has 100 valence electrons. The maximum absolute atomic E-state index is 10.8. The van der Waals surface area contributed by atoms with Crippen molar-refractivity contribution in [2.45, 2.75) is 51.0 Å². The molecule has 1 saturated carbocycles. The van der Waals surface area contributed by atoms with Gasteiger partial charge in [-0.2, -0.15) is 0 Å². The number of nitrogens with zero attached hydrogens (tertiary/aromatic N) is 1. The highest BCUT2D eigenvalue weighted by Gasteiger charge is 2.28. The highest BCUT2D eigenvalue weighted by atomic mass is 32.1. The van der Waals surface area contributed by atoms with Gasteiger partial charge >= 0.3 is 5.97 Å². The second kappa shape index (κ2) is 6.29. The van der Waals surface area contributed by atoms with E-state index >= 15 is 0 Å². The lowest BCUT2D eigenvalue weighted by Crippen LogP contribution is -2.09. The summed E-state index contributed by atoms with van der Waals surface area (Å²) in [6.45, 7) is 3.00. The summed E-state index contributed by atoms with van der Waals surface area (Å²) in [5.74, 6) is -0.555. The van der Waals surface area contributed by atoms with Gasteiger partial charge in [0.2, 0.25) is 0 Å². The van der Waals surface area contributed by atoms with Crippen molar-refractivity contribution in [3.05, 3.63) is 16.1 Å². The van der Waals surface area contributed by atoms with Crippen LogP contribution in [0.5, 0.6) is 0 Å². The van der Waals surface area contributed by atoms with Crippen molar-refractivity contribution < 1.29 is 14.6 Å². The van der Waals surface area contributed by atoms with E-state index in [1.165, 1.54) is 11.3 Å². The van der Waals surface area contributed by atoms with E-state index in [0.29, 0.717) is 12.0 Å². The molecule has 0 radical (unpaired) electrons. The number of thiazole rings is 1. The van der Waals surface area contributed by atoms with Crippen molar-refractivity contribution in [3.63, 3.8) is 0 Å². The van der Waals surface area contributed by atoms with Crippen LogP contribution < -0.4 is 0 Å². The first-order valence-corrected chi connectivity index (χ1v) is 7.39. The Morgan fingerprint density at radius 3 is 3.11 bits per heavy atom. The molecule has 1 heterocycles. The Balaban J connectivity index is 1.85. The Bertz CT molecular complexity index is 405. The molecule has 0 amide bonds. The molecule has 0 aromatic carbocycles. The SMILES string of the molecule is CCCCO[C@@H]1CC[C@H](c2nc(C(=O)O)cs2)C1. The standard InChI is InChI=1S/C13H19NO3S/c1-2-3-6-17-10-5-4-9(7-10)12-14-11(8-18-12)13(15)16/h8-10H,2-7H2,1H3,(H,15,16)/t9-,10+/m0/s1. The lowest BCUT2D eigenvalue weighted by Gasteiger charge is -2.11. The average molecular weight is 269 g/mol. The fourth-order valence-electron chi connectivity index (χ4n) is 2.28.